The molecule has 0 radical (unpaired) electrons. The van der Waals surface area contributed by atoms with E-state index in [1.807, 2.05) is 4.90 Å². The second-order valence-corrected chi connectivity index (χ2v) is 7.09. The number of likely N-dealkylation sites (tertiary alicyclic amines) is 1. The summed E-state index contributed by atoms with van der Waals surface area (Å²) in [6.07, 6.45) is 2.40. The van der Waals surface area contributed by atoms with Crippen molar-refractivity contribution >= 4 is 23.6 Å². The van der Waals surface area contributed by atoms with Crippen molar-refractivity contribution in [2.24, 2.45) is 5.92 Å². The van der Waals surface area contributed by atoms with Gasteiger partial charge in [0.2, 0.25) is 23.6 Å². The highest BCUT2D eigenvalue weighted by Gasteiger charge is 2.35. The fourth-order valence-corrected chi connectivity index (χ4v) is 3.87. The number of piperazine rings is 1. The summed E-state index contributed by atoms with van der Waals surface area (Å²) >= 11 is 0. The summed E-state index contributed by atoms with van der Waals surface area (Å²) in [7, 11) is 0. The van der Waals surface area contributed by atoms with Crippen LogP contribution in [0.15, 0.2) is 0 Å². The topological polar surface area (TPSA) is 90.0 Å². The maximum Gasteiger partial charge on any atom is 0.245 e. The maximum absolute atomic E-state index is 12.7. The molecule has 25 heavy (non-hydrogen) atoms. The third-order valence-electron chi connectivity index (χ3n) is 5.49. The monoisotopic (exact) mass is 350 g/mol. The molecule has 1 atom stereocenters. The molecule has 3 aliphatic heterocycles. The van der Waals surface area contributed by atoms with Gasteiger partial charge in [-0.2, -0.15) is 0 Å². The van der Waals surface area contributed by atoms with Crippen molar-refractivity contribution in [3.63, 3.8) is 0 Å². The first-order chi connectivity index (χ1) is 12.0. The van der Waals surface area contributed by atoms with Crippen LogP contribution in [0, 0.1) is 5.92 Å². The molecule has 8 nitrogen and oxygen atoms in total. The first-order valence-electron chi connectivity index (χ1n) is 9.08. The lowest BCUT2D eigenvalue weighted by atomic mass is 9.95. The Morgan fingerprint density at radius 3 is 1.88 bits per heavy atom. The van der Waals surface area contributed by atoms with Gasteiger partial charge in [0.25, 0.3) is 0 Å². The quantitative estimate of drug-likeness (QED) is 0.706. The van der Waals surface area contributed by atoms with Crippen LogP contribution in [0.2, 0.25) is 0 Å². The Morgan fingerprint density at radius 1 is 0.840 bits per heavy atom. The minimum atomic E-state index is -0.398. The van der Waals surface area contributed by atoms with E-state index in [4.69, 9.17) is 0 Å². The fourth-order valence-electron chi connectivity index (χ4n) is 3.87. The standard InChI is InChI=1S/C17H26N4O4/c1-12(22)19-6-4-13(5-7-19)16(24)20-8-10-21(11-9-20)17(25)14-2-3-15(23)18-14/h13-14H,2-11H2,1H3,(H,18,23). The number of piperidine rings is 1. The summed E-state index contributed by atoms with van der Waals surface area (Å²) < 4.78 is 0. The van der Waals surface area contributed by atoms with Gasteiger partial charge in [-0.3, -0.25) is 19.2 Å². The molecule has 138 valence electrons. The highest BCUT2D eigenvalue weighted by molar-refractivity contribution is 5.91. The number of carbonyl (C=O) groups excluding carboxylic acids is 4. The van der Waals surface area contributed by atoms with Gasteiger partial charge in [-0.25, -0.2) is 0 Å². The smallest absolute Gasteiger partial charge is 0.245 e. The summed E-state index contributed by atoms with van der Waals surface area (Å²) in [5, 5.41) is 2.71. The second-order valence-electron chi connectivity index (χ2n) is 7.09. The zero-order chi connectivity index (χ0) is 18.0. The molecule has 3 fully saturated rings. The van der Waals surface area contributed by atoms with Crippen molar-refractivity contribution in [1.82, 2.24) is 20.0 Å². The molecule has 3 heterocycles. The minimum absolute atomic E-state index is 0.0213. The molecular formula is C17H26N4O4. The van der Waals surface area contributed by atoms with Gasteiger partial charge in [-0.15, -0.1) is 0 Å². The highest BCUT2D eigenvalue weighted by Crippen LogP contribution is 2.21. The van der Waals surface area contributed by atoms with Gasteiger partial charge in [0.15, 0.2) is 0 Å². The molecule has 0 aromatic carbocycles. The number of amides is 4. The third kappa shape index (κ3) is 3.93. The van der Waals surface area contributed by atoms with Crippen LogP contribution in [-0.2, 0) is 19.2 Å². The summed E-state index contributed by atoms with van der Waals surface area (Å²) in [6.45, 7) is 4.96. The van der Waals surface area contributed by atoms with Crippen molar-refractivity contribution < 1.29 is 19.2 Å². The zero-order valence-electron chi connectivity index (χ0n) is 14.7. The Morgan fingerprint density at radius 2 is 1.40 bits per heavy atom. The van der Waals surface area contributed by atoms with Gasteiger partial charge in [-0.1, -0.05) is 0 Å². The molecule has 1 unspecified atom stereocenters. The molecular weight excluding hydrogens is 324 g/mol. The van der Waals surface area contributed by atoms with E-state index in [1.54, 1.807) is 16.7 Å². The molecule has 3 saturated heterocycles. The SMILES string of the molecule is CC(=O)N1CCC(C(=O)N2CCN(C(=O)C3CCC(=O)N3)CC2)CC1. The molecule has 0 aromatic heterocycles. The van der Waals surface area contributed by atoms with Crippen molar-refractivity contribution in [3.8, 4) is 0 Å². The normalized spacial score (nSPS) is 25.1. The van der Waals surface area contributed by atoms with Crippen LogP contribution in [0.1, 0.15) is 32.6 Å². The van der Waals surface area contributed by atoms with E-state index in [-0.39, 0.29) is 29.5 Å². The average Bonchev–Trinajstić information content (AvgIpc) is 3.07. The number of nitrogens with zero attached hydrogens (tertiary/aromatic N) is 3. The Bertz CT molecular complexity index is 563. The Hall–Kier alpha value is -2.12. The molecule has 8 heteroatoms. The van der Waals surface area contributed by atoms with E-state index in [9.17, 15) is 19.2 Å². The van der Waals surface area contributed by atoms with E-state index < -0.39 is 6.04 Å². The van der Waals surface area contributed by atoms with Crippen molar-refractivity contribution in [2.45, 2.75) is 38.6 Å². The first-order valence-corrected chi connectivity index (χ1v) is 9.08. The van der Waals surface area contributed by atoms with Crippen molar-refractivity contribution in [1.29, 1.82) is 0 Å². The van der Waals surface area contributed by atoms with Crippen LogP contribution in [0.4, 0.5) is 0 Å². The predicted octanol–water partition coefficient (Wildman–Crippen LogP) is -0.806. The van der Waals surface area contributed by atoms with E-state index in [1.165, 1.54) is 0 Å². The lowest BCUT2D eigenvalue weighted by Gasteiger charge is -2.39. The van der Waals surface area contributed by atoms with E-state index in [2.05, 4.69) is 5.32 Å². The summed E-state index contributed by atoms with van der Waals surface area (Å²) in [6, 6.07) is -0.398. The van der Waals surface area contributed by atoms with Crippen LogP contribution in [0.5, 0.6) is 0 Å². The predicted molar refractivity (Wildman–Crippen MR) is 89.3 cm³/mol. The van der Waals surface area contributed by atoms with Crippen LogP contribution in [0.25, 0.3) is 0 Å². The second kappa shape index (κ2) is 7.41. The number of hydrogen-bond donors (Lipinski definition) is 1. The molecule has 3 rings (SSSR count). The van der Waals surface area contributed by atoms with Gasteiger partial charge < -0.3 is 20.0 Å². The lowest BCUT2D eigenvalue weighted by Crippen LogP contribution is -2.55. The maximum atomic E-state index is 12.7. The van der Waals surface area contributed by atoms with Gasteiger partial charge in [-0.05, 0) is 19.3 Å². The highest BCUT2D eigenvalue weighted by atomic mass is 16.2. The van der Waals surface area contributed by atoms with Crippen LogP contribution in [-0.4, -0.2) is 83.6 Å². The molecule has 4 amide bonds. The third-order valence-corrected chi connectivity index (χ3v) is 5.49. The lowest BCUT2D eigenvalue weighted by molar-refractivity contribution is -0.145. The van der Waals surface area contributed by atoms with Crippen LogP contribution >= 0.6 is 0 Å². The first kappa shape index (κ1) is 17.7. The van der Waals surface area contributed by atoms with Gasteiger partial charge in [0.1, 0.15) is 6.04 Å². The van der Waals surface area contributed by atoms with E-state index in [0.717, 1.165) is 0 Å². The van der Waals surface area contributed by atoms with E-state index in [0.29, 0.717) is 65.0 Å². The molecule has 0 aromatic rings. The van der Waals surface area contributed by atoms with Gasteiger partial charge in [0.05, 0.1) is 0 Å². The molecule has 0 aliphatic carbocycles. The largest absolute Gasteiger partial charge is 0.344 e. The molecule has 0 bridgehead atoms. The molecule has 0 saturated carbocycles. The molecule has 1 N–H and O–H groups in total. The number of carbonyl (C=O) groups is 4. The van der Waals surface area contributed by atoms with Gasteiger partial charge >= 0.3 is 0 Å². The summed E-state index contributed by atoms with van der Waals surface area (Å²) in [4.78, 5) is 53.1. The van der Waals surface area contributed by atoms with Crippen molar-refractivity contribution in [2.75, 3.05) is 39.3 Å². The molecule has 3 aliphatic rings. The Balaban J connectivity index is 1.46. The van der Waals surface area contributed by atoms with Crippen molar-refractivity contribution in [3.05, 3.63) is 0 Å². The average molecular weight is 350 g/mol. The van der Waals surface area contributed by atoms with E-state index >= 15 is 0 Å². The molecule has 0 spiro atoms. The number of hydrogen-bond acceptors (Lipinski definition) is 4. The van der Waals surface area contributed by atoms with Gasteiger partial charge in [0, 0.05) is 58.5 Å². The number of nitrogens with one attached hydrogen (secondary N) is 1. The Kier molecular flexibility index (Phi) is 5.24. The summed E-state index contributed by atoms with van der Waals surface area (Å²) in [5.41, 5.74) is 0. The Labute approximate surface area is 147 Å². The summed E-state index contributed by atoms with van der Waals surface area (Å²) in [5.74, 6) is 0.0882. The van der Waals surface area contributed by atoms with Crippen LogP contribution < -0.4 is 5.32 Å². The fraction of sp³-hybridized carbons (Fsp3) is 0.765. The zero-order valence-corrected chi connectivity index (χ0v) is 14.7. The number of rotatable bonds is 2. The minimum Gasteiger partial charge on any atom is -0.344 e. The van der Waals surface area contributed by atoms with Crippen LogP contribution in [0.3, 0.4) is 0 Å².